The average Bonchev–Trinajstić information content (AvgIpc) is 3.40. The number of ether oxygens (including phenoxy) is 1. The van der Waals surface area contributed by atoms with E-state index in [1.807, 2.05) is 4.90 Å². The summed E-state index contributed by atoms with van der Waals surface area (Å²) in [5.74, 6) is 0.925. The van der Waals surface area contributed by atoms with Crippen LogP contribution >= 0.6 is 0 Å². The summed E-state index contributed by atoms with van der Waals surface area (Å²) in [5, 5.41) is 8.44. The Hall–Kier alpha value is -2.20. The molecule has 3 aliphatic rings. The number of piperidine rings is 1. The maximum atomic E-state index is 12.2. The summed E-state index contributed by atoms with van der Waals surface area (Å²) in [6.07, 6.45) is 4.77. The minimum atomic E-state index is -0.529. The van der Waals surface area contributed by atoms with E-state index in [2.05, 4.69) is 25.4 Å². The van der Waals surface area contributed by atoms with E-state index >= 15 is 0 Å². The summed E-state index contributed by atoms with van der Waals surface area (Å²) in [6.45, 7) is 5.03. The first-order valence-corrected chi connectivity index (χ1v) is 10.1. The Labute approximate surface area is 163 Å². The maximum Gasteiger partial charge on any atom is 0.341 e. The zero-order valence-electron chi connectivity index (χ0n) is 16.0. The molecule has 2 aliphatic heterocycles. The van der Waals surface area contributed by atoms with Gasteiger partial charge in [0.1, 0.15) is 6.61 Å². The second-order valence-corrected chi connectivity index (χ2v) is 8.16. The first-order valence-electron chi connectivity index (χ1n) is 10.1. The molecule has 4 rings (SSSR count). The van der Waals surface area contributed by atoms with Crippen molar-refractivity contribution < 1.29 is 14.3 Å². The van der Waals surface area contributed by atoms with E-state index in [0.717, 1.165) is 38.4 Å². The van der Waals surface area contributed by atoms with Gasteiger partial charge in [0.05, 0.1) is 6.10 Å². The maximum absolute atomic E-state index is 12.2. The predicted octanol–water partition coefficient (Wildman–Crippen LogP) is -0.823. The lowest BCUT2D eigenvalue weighted by molar-refractivity contribution is -0.149. The van der Waals surface area contributed by atoms with Crippen LogP contribution in [0.2, 0.25) is 0 Å². The second-order valence-electron chi connectivity index (χ2n) is 8.16. The van der Waals surface area contributed by atoms with Crippen LogP contribution in [-0.2, 0) is 9.53 Å². The van der Waals surface area contributed by atoms with Crippen LogP contribution in [0, 0.1) is 11.8 Å². The van der Waals surface area contributed by atoms with Crippen molar-refractivity contribution in [3.8, 4) is 0 Å². The van der Waals surface area contributed by atoms with Crippen molar-refractivity contribution in [2.75, 3.05) is 45.9 Å². The molecule has 3 N–H and O–H groups in total. The monoisotopic (exact) mass is 392 g/mol. The third-order valence-corrected chi connectivity index (χ3v) is 5.82. The summed E-state index contributed by atoms with van der Waals surface area (Å²) < 4.78 is 5.55. The largest absolute Gasteiger partial charge is 0.365 e. The SMILES string of the molecule is O=C(NCC1CN(CC2CCN(CC3CC3)CC2)C(=O)CO1)c1n[nH]c(=O)[nH]1. The fourth-order valence-corrected chi connectivity index (χ4v) is 3.98. The molecule has 1 saturated carbocycles. The highest BCUT2D eigenvalue weighted by molar-refractivity contribution is 5.90. The van der Waals surface area contributed by atoms with Gasteiger partial charge in [-0.05, 0) is 50.6 Å². The van der Waals surface area contributed by atoms with Crippen LogP contribution in [-0.4, -0.2) is 88.8 Å². The third-order valence-electron chi connectivity index (χ3n) is 5.82. The minimum Gasteiger partial charge on any atom is -0.365 e. The summed E-state index contributed by atoms with van der Waals surface area (Å²) in [6, 6.07) is 0. The van der Waals surface area contributed by atoms with Gasteiger partial charge in [0.25, 0.3) is 5.91 Å². The molecule has 10 nitrogen and oxygen atoms in total. The minimum absolute atomic E-state index is 0.0135. The lowest BCUT2D eigenvalue weighted by Gasteiger charge is -2.38. The van der Waals surface area contributed by atoms with Crippen molar-refractivity contribution in [1.29, 1.82) is 0 Å². The van der Waals surface area contributed by atoms with Gasteiger partial charge in [-0.15, -0.1) is 5.10 Å². The van der Waals surface area contributed by atoms with Crippen molar-refractivity contribution in [3.63, 3.8) is 0 Å². The number of amides is 2. The van der Waals surface area contributed by atoms with Gasteiger partial charge in [-0.1, -0.05) is 0 Å². The molecular formula is C18H28N6O4. The molecule has 0 spiro atoms. The number of morpholine rings is 1. The molecule has 2 amide bonds. The van der Waals surface area contributed by atoms with Gasteiger partial charge in [-0.25, -0.2) is 9.89 Å². The highest BCUT2D eigenvalue weighted by Crippen LogP contribution is 2.31. The first-order chi connectivity index (χ1) is 13.6. The number of hydrogen-bond acceptors (Lipinski definition) is 6. The molecule has 1 aromatic rings. The highest BCUT2D eigenvalue weighted by Gasteiger charge is 2.31. The Bertz CT molecular complexity index is 749. The van der Waals surface area contributed by atoms with E-state index in [4.69, 9.17) is 4.74 Å². The van der Waals surface area contributed by atoms with E-state index in [1.165, 1.54) is 19.4 Å². The zero-order chi connectivity index (χ0) is 19.5. The quantitative estimate of drug-likeness (QED) is 0.557. The van der Waals surface area contributed by atoms with Gasteiger partial charge in [0.15, 0.2) is 0 Å². The Morgan fingerprint density at radius 2 is 1.89 bits per heavy atom. The summed E-state index contributed by atoms with van der Waals surface area (Å²) in [7, 11) is 0. The van der Waals surface area contributed by atoms with E-state index in [-0.39, 0.29) is 31.0 Å². The van der Waals surface area contributed by atoms with Gasteiger partial charge < -0.3 is 19.9 Å². The number of nitrogens with zero attached hydrogens (tertiary/aromatic N) is 3. The Morgan fingerprint density at radius 1 is 1.14 bits per heavy atom. The number of rotatable bonds is 7. The van der Waals surface area contributed by atoms with Crippen LogP contribution in [0.4, 0.5) is 0 Å². The van der Waals surface area contributed by atoms with Crippen molar-refractivity contribution in [3.05, 3.63) is 16.3 Å². The summed E-state index contributed by atoms with van der Waals surface area (Å²) in [5.41, 5.74) is -0.529. The molecule has 3 heterocycles. The van der Waals surface area contributed by atoms with Crippen LogP contribution in [0.1, 0.15) is 36.3 Å². The van der Waals surface area contributed by atoms with Crippen LogP contribution < -0.4 is 11.0 Å². The van der Waals surface area contributed by atoms with Crippen LogP contribution in [0.25, 0.3) is 0 Å². The number of aromatic amines is 2. The molecule has 1 unspecified atom stereocenters. The number of carbonyl (C=O) groups excluding carboxylic acids is 2. The molecule has 28 heavy (non-hydrogen) atoms. The normalized spacial score (nSPS) is 24.5. The Kier molecular flexibility index (Phi) is 5.77. The van der Waals surface area contributed by atoms with Gasteiger partial charge in [-0.3, -0.25) is 14.6 Å². The van der Waals surface area contributed by atoms with E-state index in [0.29, 0.717) is 12.5 Å². The molecular weight excluding hydrogens is 364 g/mol. The molecule has 154 valence electrons. The van der Waals surface area contributed by atoms with E-state index < -0.39 is 11.6 Å². The predicted molar refractivity (Wildman–Crippen MR) is 99.7 cm³/mol. The molecule has 0 bridgehead atoms. The lowest BCUT2D eigenvalue weighted by Crippen LogP contribution is -2.52. The number of hydrogen-bond donors (Lipinski definition) is 3. The van der Waals surface area contributed by atoms with Gasteiger partial charge in [0, 0.05) is 26.2 Å². The van der Waals surface area contributed by atoms with Crippen LogP contribution in [0.3, 0.4) is 0 Å². The fourth-order valence-electron chi connectivity index (χ4n) is 3.98. The van der Waals surface area contributed by atoms with E-state index in [1.54, 1.807) is 0 Å². The zero-order valence-corrected chi connectivity index (χ0v) is 16.0. The molecule has 1 atom stereocenters. The molecule has 0 radical (unpaired) electrons. The molecule has 2 saturated heterocycles. The fraction of sp³-hybridized carbons (Fsp3) is 0.778. The van der Waals surface area contributed by atoms with Gasteiger partial charge in [0.2, 0.25) is 11.7 Å². The van der Waals surface area contributed by atoms with Crippen molar-refractivity contribution in [2.45, 2.75) is 31.8 Å². The summed E-state index contributed by atoms with van der Waals surface area (Å²) in [4.78, 5) is 42.0. The molecule has 1 aromatic heterocycles. The second kappa shape index (κ2) is 8.44. The topological polar surface area (TPSA) is 123 Å². The molecule has 3 fully saturated rings. The van der Waals surface area contributed by atoms with Crippen molar-refractivity contribution in [2.24, 2.45) is 11.8 Å². The number of aromatic nitrogens is 3. The summed E-state index contributed by atoms with van der Waals surface area (Å²) >= 11 is 0. The van der Waals surface area contributed by atoms with Gasteiger partial charge >= 0.3 is 5.69 Å². The average molecular weight is 392 g/mol. The lowest BCUT2D eigenvalue weighted by atomic mass is 9.95. The smallest absolute Gasteiger partial charge is 0.341 e. The van der Waals surface area contributed by atoms with E-state index in [9.17, 15) is 14.4 Å². The number of carbonyl (C=O) groups is 2. The first kappa shape index (κ1) is 19.1. The Morgan fingerprint density at radius 3 is 2.57 bits per heavy atom. The van der Waals surface area contributed by atoms with Crippen LogP contribution in [0.5, 0.6) is 0 Å². The number of H-pyrrole nitrogens is 2. The molecule has 10 heteroatoms. The van der Waals surface area contributed by atoms with Gasteiger partial charge in [-0.2, -0.15) is 0 Å². The Balaban J connectivity index is 1.21. The number of nitrogens with one attached hydrogen (secondary N) is 3. The molecule has 0 aromatic carbocycles. The highest BCUT2D eigenvalue weighted by atomic mass is 16.5. The van der Waals surface area contributed by atoms with Crippen molar-refractivity contribution >= 4 is 11.8 Å². The molecule has 1 aliphatic carbocycles. The number of likely N-dealkylation sites (tertiary alicyclic amines) is 1. The third kappa shape index (κ3) is 4.99. The van der Waals surface area contributed by atoms with Crippen LogP contribution in [0.15, 0.2) is 4.79 Å². The standard InChI is InChI=1S/C18H28N6O4/c25-15-11-28-14(7-19-17(26)16-20-18(27)22-21-16)10-24(15)9-13-3-5-23(6-4-13)8-12-1-2-12/h12-14H,1-11H2,(H,19,26)(H2,20,21,22,27). The van der Waals surface area contributed by atoms with Crippen molar-refractivity contribution in [1.82, 2.24) is 30.3 Å².